The number of halogens is 1. The SMILES string of the molecule is CCOc1ccc(C2=NN3[C@H](C2)c2cccc(OCC)c2O[C@@H]3c2cccc(F)c2)cc1. The summed E-state index contributed by atoms with van der Waals surface area (Å²) < 4.78 is 31.9. The molecule has 2 aliphatic rings. The molecule has 0 spiro atoms. The van der Waals surface area contributed by atoms with Gasteiger partial charge in [-0.05, 0) is 61.9 Å². The third-order valence-electron chi connectivity index (χ3n) is 5.71. The Morgan fingerprint density at radius 3 is 2.53 bits per heavy atom. The summed E-state index contributed by atoms with van der Waals surface area (Å²) in [4.78, 5) is 0. The molecule has 6 heteroatoms. The van der Waals surface area contributed by atoms with Gasteiger partial charge in [-0.25, -0.2) is 9.40 Å². The quantitative estimate of drug-likeness (QED) is 0.489. The van der Waals surface area contributed by atoms with Gasteiger partial charge in [0.15, 0.2) is 11.5 Å². The number of para-hydroxylation sites is 1. The van der Waals surface area contributed by atoms with E-state index >= 15 is 0 Å². The molecule has 0 radical (unpaired) electrons. The molecule has 2 atom stereocenters. The standard InChI is InChI=1S/C26H25FN2O3/c1-3-30-20-13-11-17(12-14-20)22-16-23-21-9-6-10-24(31-4-2)25(21)32-26(29(23)28-22)18-7-5-8-19(27)15-18/h5-15,23,26H,3-4,16H2,1-2H3/t23-,26-/m1/s1. The summed E-state index contributed by atoms with van der Waals surface area (Å²) in [6.07, 6.45) is 0.163. The van der Waals surface area contributed by atoms with E-state index in [0.29, 0.717) is 36.7 Å². The van der Waals surface area contributed by atoms with Crippen LogP contribution in [0.1, 0.15) is 49.2 Å². The van der Waals surface area contributed by atoms with E-state index < -0.39 is 6.23 Å². The van der Waals surface area contributed by atoms with Crippen molar-refractivity contribution in [3.8, 4) is 17.2 Å². The van der Waals surface area contributed by atoms with E-state index in [0.717, 1.165) is 22.6 Å². The van der Waals surface area contributed by atoms with Crippen molar-refractivity contribution in [1.82, 2.24) is 5.01 Å². The molecule has 32 heavy (non-hydrogen) atoms. The molecular weight excluding hydrogens is 407 g/mol. The van der Waals surface area contributed by atoms with Crippen molar-refractivity contribution in [3.05, 3.63) is 89.2 Å². The van der Waals surface area contributed by atoms with Crippen LogP contribution in [0.3, 0.4) is 0 Å². The zero-order chi connectivity index (χ0) is 22.1. The molecule has 5 rings (SSSR count). The number of nitrogens with zero attached hydrogens (tertiary/aromatic N) is 2. The number of hydrogen-bond acceptors (Lipinski definition) is 5. The maximum absolute atomic E-state index is 14.1. The lowest BCUT2D eigenvalue weighted by Gasteiger charge is -2.38. The number of rotatable bonds is 6. The fourth-order valence-electron chi connectivity index (χ4n) is 4.32. The molecule has 0 bridgehead atoms. The Balaban J connectivity index is 1.56. The summed E-state index contributed by atoms with van der Waals surface area (Å²) in [7, 11) is 0. The summed E-state index contributed by atoms with van der Waals surface area (Å²) in [5.41, 5.74) is 3.72. The molecule has 2 heterocycles. The minimum atomic E-state index is -0.551. The lowest BCUT2D eigenvalue weighted by Crippen LogP contribution is -2.34. The average Bonchev–Trinajstić information content (AvgIpc) is 3.25. The fraction of sp³-hybridized carbons (Fsp3) is 0.269. The highest BCUT2D eigenvalue weighted by atomic mass is 19.1. The van der Waals surface area contributed by atoms with Crippen LogP contribution in [0.2, 0.25) is 0 Å². The Kier molecular flexibility index (Phi) is 5.43. The first-order valence-corrected chi connectivity index (χ1v) is 10.9. The Hall–Kier alpha value is -3.54. The maximum Gasteiger partial charge on any atom is 0.214 e. The van der Waals surface area contributed by atoms with Crippen LogP contribution in [0, 0.1) is 5.82 Å². The number of hydrogen-bond donors (Lipinski definition) is 0. The predicted molar refractivity (Wildman–Crippen MR) is 121 cm³/mol. The van der Waals surface area contributed by atoms with Gasteiger partial charge in [0.25, 0.3) is 0 Å². The minimum absolute atomic E-state index is 0.0333. The molecule has 0 saturated carbocycles. The average molecular weight is 432 g/mol. The van der Waals surface area contributed by atoms with Crippen molar-refractivity contribution >= 4 is 5.71 Å². The van der Waals surface area contributed by atoms with Gasteiger partial charge in [0.1, 0.15) is 11.6 Å². The topological polar surface area (TPSA) is 43.3 Å². The van der Waals surface area contributed by atoms with E-state index in [4.69, 9.17) is 19.3 Å². The van der Waals surface area contributed by atoms with Crippen LogP contribution in [0.25, 0.3) is 0 Å². The number of fused-ring (bicyclic) bond motifs is 3. The van der Waals surface area contributed by atoms with E-state index in [1.54, 1.807) is 6.07 Å². The smallest absolute Gasteiger partial charge is 0.214 e. The van der Waals surface area contributed by atoms with Gasteiger partial charge in [0.05, 0.1) is 25.0 Å². The molecule has 0 aliphatic carbocycles. The summed E-state index contributed by atoms with van der Waals surface area (Å²) in [6.45, 7) is 5.07. The monoisotopic (exact) mass is 432 g/mol. The van der Waals surface area contributed by atoms with Crippen LogP contribution < -0.4 is 14.2 Å². The van der Waals surface area contributed by atoms with Crippen molar-refractivity contribution in [2.45, 2.75) is 32.5 Å². The first-order chi connectivity index (χ1) is 15.7. The highest BCUT2D eigenvalue weighted by molar-refractivity contribution is 6.02. The Labute approximate surface area is 187 Å². The van der Waals surface area contributed by atoms with E-state index in [9.17, 15) is 4.39 Å². The summed E-state index contributed by atoms with van der Waals surface area (Å²) in [6, 6.07) is 20.4. The molecule has 3 aromatic rings. The summed E-state index contributed by atoms with van der Waals surface area (Å²) in [5, 5.41) is 6.88. The molecule has 0 aromatic heterocycles. The molecular formula is C26H25FN2O3. The van der Waals surface area contributed by atoms with E-state index in [2.05, 4.69) is 0 Å². The minimum Gasteiger partial charge on any atom is -0.494 e. The van der Waals surface area contributed by atoms with Gasteiger partial charge in [0, 0.05) is 17.5 Å². The van der Waals surface area contributed by atoms with Crippen molar-refractivity contribution in [1.29, 1.82) is 0 Å². The first kappa shape index (κ1) is 20.4. The zero-order valence-corrected chi connectivity index (χ0v) is 18.1. The first-order valence-electron chi connectivity index (χ1n) is 10.9. The number of benzene rings is 3. The van der Waals surface area contributed by atoms with Gasteiger partial charge in [-0.2, -0.15) is 5.10 Å². The van der Waals surface area contributed by atoms with Gasteiger partial charge in [0.2, 0.25) is 6.23 Å². The van der Waals surface area contributed by atoms with Crippen LogP contribution >= 0.6 is 0 Å². The number of hydrazone groups is 1. The molecule has 5 nitrogen and oxygen atoms in total. The van der Waals surface area contributed by atoms with Gasteiger partial charge in [-0.1, -0.05) is 24.3 Å². The lowest BCUT2D eigenvalue weighted by molar-refractivity contribution is -0.0214. The van der Waals surface area contributed by atoms with Crippen LogP contribution in [0.15, 0.2) is 71.8 Å². The second-order valence-electron chi connectivity index (χ2n) is 7.74. The van der Waals surface area contributed by atoms with E-state index in [1.807, 2.05) is 67.4 Å². The number of ether oxygens (including phenoxy) is 3. The van der Waals surface area contributed by atoms with Crippen molar-refractivity contribution < 1.29 is 18.6 Å². The molecule has 164 valence electrons. The van der Waals surface area contributed by atoms with E-state index in [-0.39, 0.29) is 11.9 Å². The molecule has 0 unspecified atom stereocenters. The highest BCUT2D eigenvalue weighted by Gasteiger charge is 2.42. The largest absolute Gasteiger partial charge is 0.494 e. The predicted octanol–water partition coefficient (Wildman–Crippen LogP) is 5.87. The Bertz CT molecular complexity index is 1150. The Morgan fingerprint density at radius 1 is 1.00 bits per heavy atom. The third-order valence-corrected chi connectivity index (χ3v) is 5.71. The van der Waals surface area contributed by atoms with Gasteiger partial charge >= 0.3 is 0 Å². The second-order valence-corrected chi connectivity index (χ2v) is 7.74. The highest BCUT2D eigenvalue weighted by Crippen LogP contribution is 2.50. The molecule has 3 aromatic carbocycles. The van der Waals surface area contributed by atoms with Gasteiger partial charge < -0.3 is 14.2 Å². The molecule has 0 saturated heterocycles. The molecule has 0 fully saturated rings. The van der Waals surface area contributed by atoms with E-state index in [1.165, 1.54) is 12.1 Å². The zero-order valence-electron chi connectivity index (χ0n) is 18.1. The van der Waals surface area contributed by atoms with Crippen molar-refractivity contribution in [3.63, 3.8) is 0 Å². The van der Waals surface area contributed by atoms with Crippen LogP contribution in [0.5, 0.6) is 17.2 Å². The molecule has 0 amide bonds. The maximum atomic E-state index is 14.1. The van der Waals surface area contributed by atoms with Crippen LogP contribution in [-0.4, -0.2) is 23.9 Å². The van der Waals surface area contributed by atoms with Crippen LogP contribution in [-0.2, 0) is 0 Å². The fourth-order valence-corrected chi connectivity index (χ4v) is 4.32. The lowest BCUT2D eigenvalue weighted by atomic mass is 9.95. The van der Waals surface area contributed by atoms with Crippen LogP contribution in [0.4, 0.5) is 4.39 Å². The summed E-state index contributed by atoms with van der Waals surface area (Å²) in [5.74, 6) is 1.93. The van der Waals surface area contributed by atoms with Crippen molar-refractivity contribution in [2.24, 2.45) is 5.10 Å². The molecule has 0 N–H and O–H groups in total. The molecule has 2 aliphatic heterocycles. The third kappa shape index (κ3) is 3.66. The van der Waals surface area contributed by atoms with Gasteiger partial charge in [-0.3, -0.25) is 0 Å². The second kappa shape index (κ2) is 8.54. The summed E-state index contributed by atoms with van der Waals surface area (Å²) >= 11 is 0. The normalized spacial score (nSPS) is 19.0. The van der Waals surface area contributed by atoms with Crippen molar-refractivity contribution in [2.75, 3.05) is 13.2 Å². The Morgan fingerprint density at radius 2 is 1.78 bits per heavy atom. The van der Waals surface area contributed by atoms with Gasteiger partial charge in [-0.15, -0.1) is 0 Å².